The van der Waals surface area contributed by atoms with Gasteiger partial charge in [0, 0.05) is 19.2 Å². The number of hydrogen-bond donors (Lipinski definition) is 1. The lowest BCUT2D eigenvalue weighted by molar-refractivity contribution is -0.138. The number of carboxylic acid groups (broad SMARTS) is 1. The molecule has 0 spiro atoms. The number of para-hydroxylation sites is 1. The first-order chi connectivity index (χ1) is 9.99. The van der Waals surface area contributed by atoms with Crippen molar-refractivity contribution in [3.05, 3.63) is 47.3 Å². The molecule has 1 atom stereocenters. The quantitative estimate of drug-likeness (QED) is 0.904. The number of amides is 1. The van der Waals surface area contributed by atoms with E-state index < -0.39 is 12.0 Å². The Bertz CT molecular complexity index is 736. The van der Waals surface area contributed by atoms with Gasteiger partial charge in [-0.15, -0.1) is 0 Å². The van der Waals surface area contributed by atoms with Crippen molar-refractivity contribution in [1.29, 1.82) is 0 Å². The number of rotatable bonds is 2. The van der Waals surface area contributed by atoms with Gasteiger partial charge in [0.15, 0.2) is 0 Å². The largest absolute Gasteiger partial charge is 0.480 e. The molecule has 1 aliphatic rings. The van der Waals surface area contributed by atoms with Gasteiger partial charge in [-0.25, -0.2) is 4.79 Å². The first kappa shape index (κ1) is 13.4. The van der Waals surface area contributed by atoms with E-state index in [-0.39, 0.29) is 5.91 Å². The molecule has 1 aliphatic heterocycles. The van der Waals surface area contributed by atoms with E-state index in [1.807, 2.05) is 12.1 Å². The summed E-state index contributed by atoms with van der Waals surface area (Å²) in [6.07, 6.45) is 0.327. The number of carbonyl (C=O) groups excluding carboxylic acids is 1. The zero-order valence-corrected chi connectivity index (χ0v) is 11.8. The monoisotopic (exact) mass is 285 g/mol. The van der Waals surface area contributed by atoms with Crippen molar-refractivity contribution in [1.82, 2.24) is 9.78 Å². The summed E-state index contributed by atoms with van der Waals surface area (Å²) in [7, 11) is 1.68. The minimum absolute atomic E-state index is 0.327. The summed E-state index contributed by atoms with van der Waals surface area (Å²) in [6.45, 7) is 1.80. The second-order valence-corrected chi connectivity index (χ2v) is 5.16. The summed E-state index contributed by atoms with van der Waals surface area (Å²) < 4.78 is 1.48. The molecule has 1 N–H and O–H groups in total. The molecular weight excluding hydrogens is 270 g/mol. The predicted molar refractivity (Wildman–Crippen MR) is 76.3 cm³/mol. The van der Waals surface area contributed by atoms with Crippen molar-refractivity contribution in [2.24, 2.45) is 7.05 Å². The lowest BCUT2D eigenvalue weighted by atomic mass is 10.1. The Balaban J connectivity index is 2.07. The van der Waals surface area contributed by atoms with Crippen LogP contribution in [0.1, 0.15) is 21.7 Å². The zero-order chi connectivity index (χ0) is 15.1. The SMILES string of the molecule is Cc1cc(C(=O)N2c3ccccc3CC2C(=O)O)n(C)n1. The molecule has 108 valence electrons. The molecule has 0 fully saturated rings. The summed E-state index contributed by atoms with van der Waals surface area (Å²) in [5.41, 5.74) is 2.64. The number of carbonyl (C=O) groups is 2. The van der Waals surface area contributed by atoms with Crippen molar-refractivity contribution in [2.75, 3.05) is 4.90 Å². The van der Waals surface area contributed by atoms with Crippen LogP contribution in [0.5, 0.6) is 0 Å². The molecule has 3 rings (SSSR count). The van der Waals surface area contributed by atoms with Gasteiger partial charge in [0.1, 0.15) is 11.7 Å². The standard InChI is InChI=1S/C15H15N3O3/c1-9-7-12(17(2)16-9)14(19)18-11-6-4-3-5-10(11)8-13(18)15(20)21/h3-7,13H,8H2,1-2H3,(H,20,21). The topological polar surface area (TPSA) is 75.4 Å². The number of benzene rings is 1. The van der Waals surface area contributed by atoms with Crippen LogP contribution in [0.25, 0.3) is 0 Å². The van der Waals surface area contributed by atoms with Crippen LogP contribution in [0.4, 0.5) is 5.69 Å². The molecule has 1 unspecified atom stereocenters. The van der Waals surface area contributed by atoms with Crippen LogP contribution in [-0.4, -0.2) is 32.8 Å². The van der Waals surface area contributed by atoms with Crippen LogP contribution in [-0.2, 0) is 18.3 Å². The molecule has 1 aromatic heterocycles. The van der Waals surface area contributed by atoms with E-state index in [4.69, 9.17) is 0 Å². The first-order valence-electron chi connectivity index (χ1n) is 6.64. The molecule has 2 aromatic rings. The summed E-state index contributed by atoms with van der Waals surface area (Å²) in [5, 5.41) is 13.6. The summed E-state index contributed by atoms with van der Waals surface area (Å²) in [4.78, 5) is 25.6. The van der Waals surface area contributed by atoms with Crippen LogP contribution >= 0.6 is 0 Å². The summed E-state index contributed by atoms with van der Waals surface area (Å²) in [6, 6.07) is 8.08. The molecule has 1 amide bonds. The van der Waals surface area contributed by atoms with Gasteiger partial charge in [-0.3, -0.25) is 14.4 Å². The molecule has 2 heterocycles. The highest BCUT2D eigenvalue weighted by Gasteiger charge is 2.39. The van der Waals surface area contributed by atoms with Crippen molar-refractivity contribution in [3.8, 4) is 0 Å². The average Bonchev–Trinajstić information content (AvgIpc) is 2.98. The maximum absolute atomic E-state index is 12.8. The van der Waals surface area contributed by atoms with Crippen molar-refractivity contribution in [3.63, 3.8) is 0 Å². The Hall–Kier alpha value is -2.63. The number of anilines is 1. The Labute approximate surface area is 121 Å². The molecule has 0 saturated heterocycles. The third-order valence-electron chi connectivity index (χ3n) is 3.70. The Kier molecular flexibility index (Phi) is 3.01. The van der Waals surface area contributed by atoms with E-state index in [0.29, 0.717) is 17.8 Å². The van der Waals surface area contributed by atoms with Gasteiger partial charge in [-0.2, -0.15) is 5.10 Å². The maximum Gasteiger partial charge on any atom is 0.327 e. The molecule has 21 heavy (non-hydrogen) atoms. The number of carboxylic acids is 1. The molecule has 6 heteroatoms. The number of fused-ring (bicyclic) bond motifs is 1. The highest BCUT2D eigenvalue weighted by Crippen LogP contribution is 2.33. The van der Waals surface area contributed by atoms with Crippen molar-refractivity contribution < 1.29 is 14.7 Å². The van der Waals surface area contributed by atoms with E-state index in [1.165, 1.54) is 9.58 Å². The van der Waals surface area contributed by atoms with Gasteiger partial charge in [0.05, 0.1) is 5.69 Å². The van der Waals surface area contributed by atoms with Gasteiger partial charge >= 0.3 is 5.97 Å². The van der Waals surface area contributed by atoms with E-state index in [0.717, 1.165) is 11.3 Å². The van der Waals surface area contributed by atoms with E-state index in [9.17, 15) is 14.7 Å². The fourth-order valence-corrected chi connectivity index (χ4v) is 2.77. The smallest absolute Gasteiger partial charge is 0.327 e. The highest BCUT2D eigenvalue weighted by molar-refractivity contribution is 6.10. The van der Waals surface area contributed by atoms with Crippen LogP contribution in [0.3, 0.4) is 0 Å². The lowest BCUT2D eigenvalue weighted by Gasteiger charge is -2.22. The van der Waals surface area contributed by atoms with Gasteiger partial charge < -0.3 is 5.11 Å². The van der Waals surface area contributed by atoms with Crippen molar-refractivity contribution in [2.45, 2.75) is 19.4 Å². The number of aryl methyl sites for hydroxylation is 2. The average molecular weight is 285 g/mol. The first-order valence-corrected chi connectivity index (χ1v) is 6.64. The van der Waals surface area contributed by atoms with E-state index in [2.05, 4.69) is 5.10 Å². The van der Waals surface area contributed by atoms with Crippen molar-refractivity contribution >= 4 is 17.6 Å². The molecular formula is C15H15N3O3. The van der Waals surface area contributed by atoms with Crippen LogP contribution in [0.2, 0.25) is 0 Å². The number of hydrogen-bond acceptors (Lipinski definition) is 3. The lowest BCUT2D eigenvalue weighted by Crippen LogP contribution is -2.43. The maximum atomic E-state index is 12.8. The molecule has 0 saturated carbocycles. The predicted octanol–water partition coefficient (Wildman–Crippen LogP) is 1.38. The van der Waals surface area contributed by atoms with Crippen LogP contribution < -0.4 is 4.90 Å². The molecule has 0 aliphatic carbocycles. The summed E-state index contributed by atoms with van der Waals surface area (Å²) >= 11 is 0. The van der Waals surface area contributed by atoms with Gasteiger partial charge in [-0.05, 0) is 24.6 Å². The second kappa shape index (κ2) is 4.73. The molecule has 0 radical (unpaired) electrons. The van der Waals surface area contributed by atoms with E-state index >= 15 is 0 Å². The van der Waals surface area contributed by atoms with E-state index in [1.54, 1.807) is 32.2 Å². The highest BCUT2D eigenvalue weighted by atomic mass is 16.4. The molecule has 0 bridgehead atoms. The minimum Gasteiger partial charge on any atom is -0.480 e. The molecule has 6 nitrogen and oxygen atoms in total. The number of aromatic nitrogens is 2. The fraction of sp³-hybridized carbons (Fsp3) is 0.267. The normalized spacial score (nSPS) is 16.9. The number of nitrogens with zero attached hydrogens (tertiary/aromatic N) is 3. The Morgan fingerprint density at radius 2 is 2.05 bits per heavy atom. The third kappa shape index (κ3) is 2.08. The Morgan fingerprint density at radius 1 is 1.33 bits per heavy atom. The second-order valence-electron chi connectivity index (χ2n) is 5.16. The van der Waals surface area contributed by atoms with Crippen LogP contribution in [0.15, 0.2) is 30.3 Å². The van der Waals surface area contributed by atoms with Gasteiger partial charge in [0.25, 0.3) is 5.91 Å². The number of aliphatic carboxylic acids is 1. The Morgan fingerprint density at radius 3 is 2.67 bits per heavy atom. The minimum atomic E-state index is -1.00. The van der Waals surface area contributed by atoms with Gasteiger partial charge in [0.2, 0.25) is 0 Å². The third-order valence-corrected chi connectivity index (χ3v) is 3.70. The zero-order valence-electron chi connectivity index (χ0n) is 11.8. The molecule has 1 aromatic carbocycles. The fourth-order valence-electron chi connectivity index (χ4n) is 2.77. The van der Waals surface area contributed by atoms with Crippen LogP contribution in [0, 0.1) is 6.92 Å². The van der Waals surface area contributed by atoms with Gasteiger partial charge in [-0.1, -0.05) is 18.2 Å². The summed E-state index contributed by atoms with van der Waals surface area (Å²) in [5.74, 6) is -1.34.